The Kier molecular flexibility index (Phi) is 7.25. The van der Waals surface area contributed by atoms with Gasteiger partial charge in [-0.2, -0.15) is 0 Å². The lowest BCUT2D eigenvalue weighted by Gasteiger charge is -2.17. The van der Waals surface area contributed by atoms with Gasteiger partial charge >= 0.3 is 0 Å². The molecule has 3 N–H and O–H groups in total. The number of nitrogens with one attached hydrogen (secondary N) is 1. The van der Waals surface area contributed by atoms with Gasteiger partial charge in [-0.1, -0.05) is 56.7 Å². The number of rotatable bonds is 8. The Balaban J connectivity index is 2.49. The average Bonchev–Trinajstić information content (AvgIpc) is 2.35. The molecule has 0 aliphatic rings. The molecule has 1 aromatic rings. The number of halogens is 2. The highest BCUT2D eigenvalue weighted by molar-refractivity contribution is 6.31. The Bertz CT molecular complexity index is 358. The highest BCUT2D eigenvalue weighted by Crippen LogP contribution is 2.27. The van der Waals surface area contributed by atoms with Crippen molar-refractivity contribution in [2.45, 2.75) is 51.5 Å². The predicted octanol–water partition coefficient (Wildman–Crippen LogP) is 4.34. The summed E-state index contributed by atoms with van der Waals surface area (Å²) in [5.41, 5.74) is 3.63. The van der Waals surface area contributed by atoms with Gasteiger partial charge in [-0.15, -0.1) is 0 Å². The summed E-state index contributed by atoms with van der Waals surface area (Å²) in [4.78, 5) is 0. The van der Waals surface area contributed by atoms with Gasteiger partial charge in [0.15, 0.2) is 0 Å². The first-order valence-corrected chi connectivity index (χ1v) is 6.98. The van der Waals surface area contributed by atoms with Crippen molar-refractivity contribution < 1.29 is 4.39 Å². The van der Waals surface area contributed by atoms with E-state index in [0.29, 0.717) is 5.02 Å². The highest BCUT2D eigenvalue weighted by atomic mass is 35.5. The van der Waals surface area contributed by atoms with Crippen molar-refractivity contribution in [3.8, 4) is 0 Å². The molecule has 0 saturated carbocycles. The lowest BCUT2D eigenvalue weighted by molar-refractivity contribution is 0.478. The fraction of sp³-hybridized carbons (Fsp3) is 0.571. The molecule has 18 heavy (non-hydrogen) atoms. The molecule has 1 rings (SSSR count). The molecular weight excluding hydrogens is 251 g/mol. The van der Waals surface area contributed by atoms with Gasteiger partial charge in [0.25, 0.3) is 0 Å². The normalized spacial score (nSPS) is 12.7. The second kappa shape index (κ2) is 8.46. The summed E-state index contributed by atoms with van der Waals surface area (Å²) in [5, 5.41) is 0.437. The molecule has 0 saturated heterocycles. The minimum Gasteiger partial charge on any atom is -0.271 e. The third-order valence-electron chi connectivity index (χ3n) is 3.14. The van der Waals surface area contributed by atoms with Crippen molar-refractivity contribution in [1.29, 1.82) is 0 Å². The quantitative estimate of drug-likeness (QED) is 0.420. The topological polar surface area (TPSA) is 38.0 Å². The smallest absolute Gasteiger partial charge is 0.124 e. The van der Waals surface area contributed by atoms with Gasteiger partial charge in [-0.05, 0) is 24.1 Å². The number of hydrogen-bond donors (Lipinski definition) is 2. The van der Waals surface area contributed by atoms with Crippen LogP contribution in [0.3, 0.4) is 0 Å². The summed E-state index contributed by atoms with van der Waals surface area (Å²) in [7, 11) is 0. The molecule has 1 unspecified atom stereocenters. The standard InChI is InChI=1S/C14H22ClFN2/c1-2-3-4-5-6-7-14(18-17)12-9-8-11(16)10-13(12)15/h8-10,14,18H,2-7,17H2,1H3. The van der Waals surface area contributed by atoms with E-state index >= 15 is 0 Å². The number of nitrogens with two attached hydrogens (primary N) is 1. The molecule has 0 aliphatic heterocycles. The van der Waals surface area contributed by atoms with Gasteiger partial charge in [0.1, 0.15) is 5.82 Å². The summed E-state index contributed by atoms with van der Waals surface area (Å²) in [6, 6.07) is 4.45. The average molecular weight is 273 g/mol. The number of benzene rings is 1. The first-order valence-electron chi connectivity index (χ1n) is 6.60. The second-order valence-corrected chi connectivity index (χ2v) is 5.00. The fourth-order valence-electron chi connectivity index (χ4n) is 2.06. The molecule has 0 amide bonds. The highest BCUT2D eigenvalue weighted by Gasteiger charge is 2.13. The van der Waals surface area contributed by atoms with E-state index in [1.807, 2.05) is 0 Å². The van der Waals surface area contributed by atoms with Crippen molar-refractivity contribution in [2.75, 3.05) is 0 Å². The SMILES string of the molecule is CCCCCCCC(NN)c1ccc(F)cc1Cl. The van der Waals surface area contributed by atoms with E-state index in [0.717, 1.165) is 18.4 Å². The summed E-state index contributed by atoms with van der Waals surface area (Å²) < 4.78 is 13.0. The minimum absolute atomic E-state index is 0.000253. The Labute approximate surface area is 114 Å². The summed E-state index contributed by atoms with van der Waals surface area (Å²) in [6.07, 6.45) is 6.99. The van der Waals surface area contributed by atoms with E-state index < -0.39 is 0 Å². The van der Waals surface area contributed by atoms with Crippen LogP contribution in [-0.4, -0.2) is 0 Å². The van der Waals surface area contributed by atoms with Gasteiger partial charge in [-0.3, -0.25) is 11.3 Å². The molecule has 4 heteroatoms. The van der Waals surface area contributed by atoms with Crippen molar-refractivity contribution >= 4 is 11.6 Å². The molecule has 0 radical (unpaired) electrons. The van der Waals surface area contributed by atoms with E-state index in [9.17, 15) is 4.39 Å². The van der Waals surface area contributed by atoms with E-state index in [-0.39, 0.29) is 11.9 Å². The molecule has 0 aliphatic carbocycles. The van der Waals surface area contributed by atoms with Gasteiger partial charge in [0.05, 0.1) is 0 Å². The molecule has 102 valence electrons. The molecule has 0 aromatic heterocycles. The van der Waals surface area contributed by atoms with Crippen LogP contribution < -0.4 is 11.3 Å². The Morgan fingerprint density at radius 3 is 2.61 bits per heavy atom. The lowest BCUT2D eigenvalue weighted by atomic mass is 10.00. The van der Waals surface area contributed by atoms with Crippen molar-refractivity contribution in [3.63, 3.8) is 0 Å². The van der Waals surface area contributed by atoms with Crippen molar-refractivity contribution in [1.82, 2.24) is 5.43 Å². The molecule has 0 heterocycles. The zero-order valence-corrected chi connectivity index (χ0v) is 11.6. The molecule has 0 fully saturated rings. The first kappa shape index (κ1) is 15.4. The molecule has 1 aromatic carbocycles. The van der Waals surface area contributed by atoms with E-state index in [2.05, 4.69) is 12.3 Å². The van der Waals surface area contributed by atoms with Crippen LogP contribution in [0.1, 0.15) is 57.1 Å². The second-order valence-electron chi connectivity index (χ2n) is 4.59. The Morgan fingerprint density at radius 2 is 2.00 bits per heavy atom. The minimum atomic E-state index is -0.317. The van der Waals surface area contributed by atoms with Crippen LogP contribution in [-0.2, 0) is 0 Å². The number of hydrogen-bond acceptors (Lipinski definition) is 2. The van der Waals surface area contributed by atoms with Crippen LogP contribution in [0.15, 0.2) is 18.2 Å². The molecule has 0 bridgehead atoms. The van der Waals surface area contributed by atoms with Crippen molar-refractivity contribution in [2.24, 2.45) is 5.84 Å². The zero-order valence-electron chi connectivity index (χ0n) is 10.9. The van der Waals surface area contributed by atoms with Gasteiger partial charge in [-0.25, -0.2) is 4.39 Å². The van der Waals surface area contributed by atoms with Gasteiger partial charge < -0.3 is 0 Å². The molecule has 1 atom stereocenters. The third-order valence-corrected chi connectivity index (χ3v) is 3.46. The largest absolute Gasteiger partial charge is 0.271 e. The van der Waals surface area contributed by atoms with E-state index in [1.165, 1.54) is 37.8 Å². The molecular formula is C14H22ClFN2. The first-order chi connectivity index (χ1) is 8.69. The zero-order chi connectivity index (χ0) is 13.4. The van der Waals surface area contributed by atoms with E-state index in [4.69, 9.17) is 17.4 Å². The molecule has 2 nitrogen and oxygen atoms in total. The molecule has 0 spiro atoms. The summed E-state index contributed by atoms with van der Waals surface area (Å²) in [5.74, 6) is 5.23. The van der Waals surface area contributed by atoms with Gasteiger partial charge in [0, 0.05) is 11.1 Å². The Hall–Kier alpha value is -0.640. The van der Waals surface area contributed by atoms with Crippen LogP contribution in [0.4, 0.5) is 4.39 Å². The monoisotopic (exact) mass is 272 g/mol. The maximum atomic E-state index is 13.0. The third kappa shape index (κ3) is 4.92. The summed E-state index contributed by atoms with van der Waals surface area (Å²) >= 11 is 6.03. The lowest BCUT2D eigenvalue weighted by Crippen LogP contribution is -2.28. The Morgan fingerprint density at radius 1 is 1.28 bits per heavy atom. The van der Waals surface area contributed by atoms with Gasteiger partial charge in [0.2, 0.25) is 0 Å². The van der Waals surface area contributed by atoms with Crippen LogP contribution in [0, 0.1) is 5.82 Å². The van der Waals surface area contributed by atoms with Crippen molar-refractivity contribution in [3.05, 3.63) is 34.6 Å². The summed E-state index contributed by atoms with van der Waals surface area (Å²) in [6.45, 7) is 2.20. The van der Waals surface area contributed by atoms with Crippen LogP contribution in [0.25, 0.3) is 0 Å². The van der Waals surface area contributed by atoms with Crippen LogP contribution >= 0.6 is 11.6 Å². The van der Waals surface area contributed by atoms with Crippen LogP contribution in [0.5, 0.6) is 0 Å². The van der Waals surface area contributed by atoms with Crippen LogP contribution in [0.2, 0.25) is 5.02 Å². The maximum Gasteiger partial charge on any atom is 0.124 e. The number of hydrazine groups is 1. The fourth-order valence-corrected chi connectivity index (χ4v) is 2.36. The number of unbranched alkanes of at least 4 members (excludes halogenated alkanes) is 4. The maximum absolute atomic E-state index is 13.0. The van der Waals surface area contributed by atoms with E-state index in [1.54, 1.807) is 6.07 Å². The predicted molar refractivity (Wildman–Crippen MR) is 74.9 cm³/mol.